The van der Waals surface area contributed by atoms with Crippen LogP contribution in [0.3, 0.4) is 0 Å². The van der Waals surface area contributed by atoms with Crippen molar-refractivity contribution in [3.05, 3.63) is 95.0 Å². The van der Waals surface area contributed by atoms with Crippen LogP contribution in [-0.4, -0.2) is 20.7 Å². The predicted molar refractivity (Wildman–Crippen MR) is 99.5 cm³/mol. The molecule has 0 atom stereocenters. The Hall–Kier alpha value is -3.80. The van der Waals surface area contributed by atoms with Gasteiger partial charge in [0.15, 0.2) is 0 Å². The Kier molecular flexibility index (Phi) is 3.99. The number of fused-ring (bicyclic) bond motifs is 1. The zero-order valence-corrected chi connectivity index (χ0v) is 13.7. The average molecular weight is 342 g/mol. The number of nitrogens with zero attached hydrogens (tertiary/aromatic N) is 3. The number of nitrogens with one attached hydrogen (secondary N) is 1. The minimum atomic E-state index is -0.410. The summed E-state index contributed by atoms with van der Waals surface area (Å²) in [5.41, 5.74) is 1.84. The molecule has 0 fully saturated rings. The lowest BCUT2D eigenvalue weighted by atomic mass is 10.2. The first-order valence-corrected chi connectivity index (χ1v) is 8.03. The summed E-state index contributed by atoms with van der Waals surface area (Å²) in [4.78, 5) is 28.9. The lowest BCUT2D eigenvalue weighted by Gasteiger charge is -2.08. The van der Waals surface area contributed by atoms with Crippen molar-refractivity contribution >= 4 is 22.5 Å². The highest BCUT2D eigenvalue weighted by Gasteiger charge is 2.11. The Morgan fingerprint density at radius 2 is 1.69 bits per heavy atom. The molecule has 1 N–H and O–H groups in total. The smallest absolute Gasteiger partial charge is 0.276 e. The molecule has 0 saturated carbocycles. The highest BCUT2D eigenvalue weighted by molar-refractivity contribution is 6.03. The molecule has 126 valence electrons. The van der Waals surface area contributed by atoms with Gasteiger partial charge in [-0.3, -0.25) is 14.6 Å². The van der Waals surface area contributed by atoms with E-state index in [-0.39, 0.29) is 11.3 Å². The number of para-hydroxylation sites is 2. The molecule has 6 heteroatoms. The largest absolute Gasteiger partial charge is 0.319 e. The van der Waals surface area contributed by atoms with Gasteiger partial charge in [-0.15, -0.1) is 0 Å². The van der Waals surface area contributed by atoms with Crippen LogP contribution < -0.4 is 10.9 Å². The van der Waals surface area contributed by atoms with Crippen molar-refractivity contribution in [2.24, 2.45) is 0 Å². The van der Waals surface area contributed by atoms with Crippen LogP contribution in [0.4, 0.5) is 5.69 Å². The molecule has 0 spiro atoms. The van der Waals surface area contributed by atoms with Crippen LogP contribution in [0.2, 0.25) is 0 Å². The minimum absolute atomic E-state index is 0.140. The molecule has 0 bridgehead atoms. The summed E-state index contributed by atoms with van der Waals surface area (Å²) in [5, 5.41) is 7.87. The summed E-state index contributed by atoms with van der Waals surface area (Å²) in [6, 6.07) is 21.2. The summed E-state index contributed by atoms with van der Waals surface area (Å²) < 4.78 is 1.20. The molecule has 2 heterocycles. The molecule has 0 radical (unpaired) electrons. The lowest BCUT2D eigenvalue weighted by molar-refractivity contribution is 0.102. The van der Waals surface area contributed by atoms with Crippen molar-refractivity contribution in [1.82, 2.24) is 14.8 Å². The van der Waals surface area contributed by atoms with Gasteiger partial charge in [0.1, 0.15) is 5.69 Å². The molecule has 0 saturated heterocycles. The van der Waals surface area contributed by atoms with Crippen molar-refractivity contribution < 1.29 is 4.79 Å². The van der Waals surface area contributed by atoms with Crippen molar-refractivity contribution in [3.8, 4) is 5.69 Å². The second kappa shape index (κ2) is 6.60. The van der Waals surface area contributed by atoms with E-state index in [1.54, 1.807) is 30.5 Å². The number of hydrogen-bond acceptors (Lipinski definition) is 4. The van der Waals surface area contributed by atoms with E-state index in [4.69, 9.17) is 0 Å². The molecule has 26 heavy (non-hydrogen) atoms. The predicted octanol–water partition coefficient (Wildman–Crippen LogP) is 3.03. The standard InChI is InChI=1S/C20H14N4O2/c25-19-11-10-18(23-24(19)16-7-2-1-3-8-16)20(26)22-15-12-14-6-4-5-9-17(14)21-13-15/h1-13H,(H,22,26). The molecule has 4 aromatic rings. The Morgan fingerprint density at radius 1 is 0.923 bits per heavy atom. The SMILES string of the molecule is O=C(Nc1cnc2ccccc2c1)c1ccc(=O)n(-c2ccccc2)n1. The Balaban J connectivity index is 1.64. The fourth-order valence-electron chi connectivity index (χ4n) is 2.62. The molecule has 6 nitrogen and oxygen atoms in total. The van der Waals surface area contributed by atoms with Gasteiger partial charge >= 0.3 is 0 Å². The summed E-state index contributed by atoms with van der Waals surface area (Å²) in [6.45, 7) is 0. The minimum Gasteiger partial charge on any atom is -0.319 e. The van der Waals surface area contributed by atoms with E-state index in [2.05, 4.69) is 15.4 Å². The fraction of sp³-hybridized carbons (Fsp3) is 0. The Labute approximate surface area is 148 Å². The fourth-order valence-corrected chi connectivity index (χ4v) is 2.62. The third kappa shape index (κ3) is 3.08. The first kappa shape index (κ1) is 15.7. The van der Waals surface area contributed by atoms with Crippen LogP contribution in [0.5, 0.6) is 0 Å². The van der Waals surface area contributed by atoms with Crippen molar-refractivity contribution in [2.75, 3.05) is 5.32 Å². The summed E-state index contributed by atoms with van der Waals surface area (Å²) in [6.07, 6.45) is 1.59. The van der Waals surface area contributed by atoms with Crippen molar-refractivity contribution in [3.63, 3.8) is 0 Å². The third-order valence-corrected chi connectivity index (χ3v) is 3.88. The first-order chi connectivity index (χ1) is 12.7. The molecule has 0 aliphatic rings. The Morgan fingerprint density at radius 3 is 2.54 bits per heavy atom. The maximum absolute atomic E-state index is 12.5. The van der Waals surface area contributed by atoms with Crippen molar-refractivity contribution in [1.29, 1.82) is 0 Å². The molecule has 1 amide bonds. The van der Waals surface area contributed by atoms with Crippen LogP contribution in [0.15, 0.2) is 83.8 Å². The normalized spacial score (nSPS) is 10.6. The van der Waals surface area contributed by atoms with Crippen LogP contribution in [0, 0.1) is 0 Å². The number of rotatable bonds is 3. The van der Waals surface area contributed by atoms with Gasteiger partial charge in [-0.05, 0) is 30.3 Å². The number of carbonyl (C=O) groups excluding carboxylic acids is 1. The van der Waals surface area contributed by atoms with Crippen LogP contribution in [0.1, 0.15) is 10.5 Å². The van der Waals surface area contributed by atoms with E-state index in [0.29, 0.717) is 11.4 Å². The second-order valence-corrected chi connectivity index (χ2v) is 5.67. The zero-order chi connectivity index (χ0) is 17.9. The van der Waals surface area contributed by atoms with Crippen LogP contribution in [-0.2, 0) is 0 Å². The van der Waals surface area contributed by atoms with Gasteiger partial charge in [0.05, 0.1) is 23.1 Å². The van der Waals surface area contributed by atoms with Gasteiger partial charge in [0, 0.05) is 11.5 Å². The number of anilines is 1. The van der Waals surface area contributed by atoms with Gasteiger partial charge in [-0.2, -0.15) is 9.78 Å². The maximum atomic E-state index is 12.5. The van der Waals surface area contributed by atoms with E-state index < -0.39 is 5.91 Å². The van der Waals surface area contributed by atoms with Crippen molar-refractivity contribution in [2.45, 2.75) is 0 Å². The number of benzene rings is 2. The first-order valence-electron chi connectivity index (χ1n) is 8.03. The number of carbonyl (C=O) groups is 1. The van der Waals surface area contributed by atoms with E-state index in [0.717, 1.165) is 10.9 Å². The van der Waals surface area contributed by atoms with Crippen LogP contribution in [0.25, 0.3) is 16.6 Å². The number of hydrogen-bond donors (Lipinski definition) is 1. The molecule has 0 unspecified atom stereocenters. The molecule has 4 rings (SSSR count). The Bertz CT molecular complexity index is 1150. The molecular weight excluding hydrogens is 328 g/mol. The maximum Gasteiger partial charge on any atom is 0.276 e. The second-order valence-electron chi connectivity index (χ2n) is 5.67. The molecule has 2 aromatic carbocycles. The molecule has 0 aliphatic heterocycles. The zero-order valence-electron chi connectivity index (χ0n) is 13.7. The van der Waals surface area contributed by atoms with Gasteiger partial charge < -0.3 is 5.32 Å². The topological polar surface area (TPSA) is 76.9 Å². The highest BCUT2D eigenvalue weighted by atomic mass is 16.2. The van der Waals surface area contributed by atoms with E-state index in [1.807, 2.05) is 36.4 Å². The van der Waals surface area contributed by atoms with E-state index >= 15 is 0 Å². The quantitative estimate of drug-likeness (QED) is 0.621. The lowest BCUT2D eigenvalue weighted by Crippen LogP contribution is -2.24. The average Bonchev–Trinajstić information content (AvgIpc) is 2.69. The third-order valence-electron chi connectivity index (χ3n) is 3.88. The van der Waals surface area contributed by atoms with Gasteiger partial charge in [-0.25, -0.2) is 0 Å². The monoisotopic (exact) mass is 342 g/mol. The van der Waals surface area contributed by atoms with Gasteiger partial charge in [-0.1, -0.05) is 36.4 Å². The summed E-state index contributed by atoms with van der Waals surface area (Å²) in [7, 11) is 0. The summed E-state index contributed by atoms with van der Waals surface area (Å²) in [5.74, 6) is -0.410. The molecule has 2 aromatic heterocycles. The molecular formula is C20H14N4O2. The highest BCUT2D eigenvalue weighted by Crippen LogP contribution is 2.16. The van der Waals surface area contributed by atoms with E-state index in [9.17, 15) is 9.59 Å². The van der Waals surface area contributed by atoms with E-state index in [1.165, 1.54) is 16.8 Å². The van der Waals surface area contributed by atoms with Gasteiger partial charge in [0.2, 0.25) is 0 Å². The number of pyridine rings is 1. The van der Waals surface area contributed by atoms with Crippen LogP contribution >= 0.6 is 0 Å². The number of amides is 1. The van der Waals surface area contributed by atoms with Gasteiger partial charge in [0.25, 0.3) is 11.5 Å². The summed E-state index contributed by atoms with van der Waals surface area (Å²) >= 11 is 0. The molecule has 0 aliphatic carbocycles. The number of aromatic nitrogens is 3.